The Bertz CT molecular complexity index is 774. The van der Waals surface area contributed by atoms with E-state index >= 15 is 0 Å². The van der Waals surface area contributed by atoms with Crippen LogP contribution >= 0.6 is 11.3 Å². The molecule has 106 valence electrons. The number of fused-ring (bicyclic) bond motifs is 2. The van der Waals surface area contributed by atoms with Gasteiger partial charge in [-0.1, -0.05) is 24.3 Å². The summed E-state index contributed by atoms with van der Waals surface area (Å²) in [4.78, 5) is 5.16. The van der Waals surface area contributed by atoms with Gasteiger partial charge in [0.1, 0.15) is 18.0 Å². The van der Waals surface area contributed by atoms with E-state index in [1.807, 2.05) is 43.3 Å². The molecule has 0 spiro atoms. The second kappa shape index (κ2) is 4.53. The molecule has 4 rings (SSSR count). The Balaban J connectivity index is 1.87. The molecule has 1 aliphatic carbocycles. The Morgan fingerprint density at radius 2 is 1.76 bits per heavy atom. The first-order chi connectivity index (χ1) is 10.1. The molecule has 5 heteroatoms. The average Bonchev–Trinajstić information content (AvgIpc) is 3.11. The number of aliphatic hydroxyl groups is 2. The second-order valence-corrected chi connectivity index (χ2v) is 6.14. The highest BCUT2D eigenvalue weighted by Gasteiger charge is 2.34. The van der Waals surface area contributed by atoms with E-state index in [1.165, 1.54) is 11.3 Å². The van der Waals surface area contributed by atoms with Gasteiger partial charge in [0, 0.05) is 0 Å². The highest BCUT2D eigenvalue weighted by molar-refractivity contribution is 7.15. The fourth-order valence-electron chi connectivity index (χ4n) is 2.69. The molecule has 1 aromatic carbocycles. The standard InChI is InChI=1S/C16H13NO3S/c1-8-6-7-11(20-8)16-17-12-13(18)9-4-2-3-5-10(9)14(19)15(12)21-16/h2-7,13-14,18-19H,1H3. The zero-order valence-electron chi connectivity index (χ0n) is 11.3. The van der Waals surface area contributed by atoms with Crippen LogP contribution in [0.5, 0.6) is 0 Å². The molecule has 0 saturated heterocycles. The minimum absolute atomic E-state index is 0.523. The topological polar surface area (TPSA) is 66.5 Å². The van der Waals surface area contributed by atoms with E-state index in [4.69, 9.17) is 4.42 Å². The van der Waals surface area contributed by atoms with Crippen LogP contribution in [-0.2, 0) is 0 Å². The fourth-order valence-corrected chi connectivity index (χ4v) is 3.75. The third kappa shape index (κ3) is 1.86. The van der Waals surface area contributed by atoms with Crippen LogP contribution in [0.1, 0.15) is 39.7 Å². The number of hydrogen-bond acceptors (Lipinski definition) is 5. The van der Waals surface area contributed by atoms with Gasteiger partial charge in [-0.3, -0.25) is 0 Å². The molecule has 2 N–H and O–H groups in total. The molecule has 2 atom stereocenters. The van der Waals surface area contributed by atoms with Gasteiger partial charge in [0.2, 0.25) is 0 Å². The van der Waals surface area contributed by atoms with Crippen LogP contribution in [0.3, 0.4) is 0 Å². The van der Waals surface area contributed by atoms with E-state index in [1.54, 1.807) is 0 Å². The SMILES string of the molecule is Cc1ccc(-c2nc3c(s2)C(O)c2ccccc2C3O)o1. The van der Waals surface area contributed by atoms with Crippen LogP contribution < -0.4 is 0 Å². The van der Waals surface area contributed by atoms with Crippen LogP contribution in [-0.4, -0.2) is 15.2 Å². The maximum atomic E-state index is 10.5. The van der Waals surface area contributed by atoms with E-state index in [-0.39, 0.29) is 0 Å². The summed E-state index contributed by atoms with van der Waals surface area (Å²) in [5.74, 6) is 1.47. The predicted octanol–water partition coefficient (Wildman–Crippen LogP) is 3.19. The van der Waals surface area contributed by atoms with Gasteiger partial charge in [0.05, 0.1) is 10.6 Å². The molecule has 21 heavy (non-hydrogen) atoms. The number of aliphatic hydroxyl groups excluding tert-OH is 2. The number of hydrogen-bond donors (Lipinski definition) is 2. The van der Waals surface area contributed by atoms with E-state index in [2.05, 4.69) is 4.98 Å². The summed E-state index contributed by atoms with van der Waals surface area (Å²) >= 11 is 1.36. The van der Waals surface area contributed by atoms with Crippen molar-refractivity contribution in [3.8, 4) is 10.8 Å². The Labute approximate surface area is 125 Å². The maximum absolute atomic E-state index is 10.5. The van der Waals surface area contributed by atoms with Crippen molar-refractivity contribution in [3.63, 3.8) is 0 Å². The Morgan fingerprint density at radius 3 is 2.43 bits per heavy atom. The third-order valence-electron chi connectivity index (χ3n) is 3.72. The van der Waals surface area contributed by atoms with Crippen molar-refractivity contribution < 1.29 is 14.6 Å². The quantitative estimate of drug-likeness (QED) is 0.724. The molecule has 0 aliphatic heterocycles. The molecule has 3 aromatic rings. The highest BCUT2D eigenvalue weighted by atomic mass is 32.1. The predicted molar refractivity (Wildman–Crippen MR) is 79.1 cm³/mol. The lowest BCUT2D eigenvalue weighted by molar-refractivity contribution is 0.173. The third-order valence-corrected chi connectivity index (χ3v) is 4.86. The maximum Gasteiger partial charge on any atom is 0.162 e. The molecule has 0 amide bonds. The normalized spacial score (nSPS) is 20.1. The molecule has 0 saturated carbocycles. The minimum Gasteiger partial charge on any atom is -0.459 e. The lowest BCUT2D eigenvalue weighted by Crippen LogP contribution is -2.16. The Morgan fingerprint density at radius 1 is 1.05 bits per heavy atom. The van der Waals surface area contributed by atoms with E-state index in [0.29, 0.717) is 26.9 Å². The number of thiazole rings is 1. The summed E-state index contributed by atoms with van der Waals surface area (Å²) in [6.07, 6.45) is -1.55. The van der Waals surface area contributed by atoms with Gasteiger partial charge in [-0.2, -0.15) is 0 Å². The second-order valence-electron chi connectivity index (χ2n) is 5.11. The van der Waals surface area contributed by atoms with Crippen molar-refractivity contribution in [1.29, 1.82) is 0 Å². The van der Waals surface area contributed by atoms with Gasteiger partial charge < -0.3 is 14.6 Å². The molecule has 0 radical (unpaired) electrons. The van der Waals surface area contributed by atoms with Crippen LogP contribution in [0.15, 0.2) is 40.8 Å². The molecule has 2 aromatic heterocycles. The summed E-state index contributed by atoms with van der Waals surface area (Å²) < 4.78 is 5.58. The van der Waals surface area contributed by atoms with Crippen molar-refractivity contribution in [1.82, 2.24) is 4.98 Å². The van der Waals surface area contributed by atoms with Crippen molar-refractivity contribution in [2.75, 3.05) is 0 Å². The Hall–Kier alpha value is -1.95. The number of furan rings is 1. The Kier molecular flexibility index (Phi) is 2.75. The molecule has 2 unspecified atom stereocenters. The average molecular weight is 299 g/mol. The summed E-state index contributed by atoms with van der Waals surface area (Å²) in [6, 6.07) is 11.1. The lowest BCUT2D eigenvalue weighted by Gasteiger charge is -2.24. The highest BCUT2D eigenvalue weighted by Crippen LogP contribution is 2.45. The summed E-state index contributed by atoms with van der Waals surface area (Å²) in [5, 5.41) is 21.7. The van der Waals surface area contributed by atoms with Gasteiger partial charge in [-0.15, -0.1) is 11.3 Å². The largest absolute Gasteiger partial charge is 0.459 e. The van der Waals surface area contributed by atoms with Gasteiger partial charge in [0.15, 0.2) is 10.8 Å². The van der Waals surface area contributed by atoms with E-state index in [0.717, 1.165) is 11.3 Å². The zero-order chi connectivity index (χ0) is 14.6. The van der Waals surface area contributed by atoms with Crippen LogP contribution in [0.2, 0.25) is 0 Å². The molecular formula is C16H13NO3S. The van der Waals surface area contributed by atoms with Crippen molar-refractivity contribution in [2.24, 2.45) is 0 Å². The fraction of sp³-hybridized carbons (Fsp3) is 0.188. The number of nitrogens with zero attached hydrogens (tertiary/aromatic N) is 1. The van der Waals surface area contributed by atoms with E-state index in [9.17, 15) is 10.2 Å². The van der Waals surface area contributed by atoms with Crippen LogP contribution in [0, 0.1) is 6.92 Å². The number of rotatable bonds is 1. The van der Waals surface area contributed by atoms with Crippen LogP contribution in [0.4, 0.5) is 0 Å². The number of benzene rings is 1. The number of aromatic nitrogens is 1. The first-order valence-electron chi connectivity index (χ1n) is 6.67. The minimum atomic E-state index is -0.805. The first kappa shape index (κ1) is 12.8. The monoisotopic (exact) mass is 299 g/mol. The smallest absolute Gasteiger partial charge is 0.162 e. The summed E-state index contributed by atoms with van der Waals surface area (Å²) in [5.41, 5.74) is 1.98. The van der Waals surface area contributed by atoms with Gasteiger partial charge in [0.25, 0.3) is 0 Å². The first-order valence-corrected chi connectivity index (χ1v) is 7.49. The van der Waals surface area contributed by atoms with Crippen molar-refractivity contribution in [3.05, 3.63) is 63.9 Å². The molecule has 2 heterocycles. The zero-order valence-corrected chi connectivity index (χ0v) is 12.1. The number of aryl methyl sites for hydroxylation is 1. The molecule has 4 nitrogen and oxygen atoms in total. The summed E-state index contributed by atoms with van der Waals surface area (Å²) in [6.45, 7) is 1.87. The molecule has 1 aliphatic rings. The van der Waals surface area contributed by atoms with Crippen molar-refractivity contribution >= 4 is 11.3 Å². The van der Waals surface area contributed by atoms with Crippen LogP contribution in [0.25, 0.3) is 10.8 Å². The van der Waals surface area contributed by atoms with Gasteiger partial charge in [-0.25, -0.2) is 4.98 Å². The molecule has 0 fully saturated rings. The van der Waals surface area contributed by atoms with Crippen molar-refractivity contribution in [2.45, 2.75) is 19.1 Å². The van der Waals surface area contributed by atoms with Gasteiger partial charge in [-0.05, 0) is 30.2 Å². The van der Waals surface area contributed by atoms with Gasteiger partial charge >= 0.3 is 0 Å². The molecule has 0 bridgehead atoms. The summed E-state index contributed by atoms with van der Waals surface area (Å²) in [7, 11) is 0. The lowest BCUT2D eigenvalue weighted by atomic mass is 9.89. The van der Waals surface area contributed by atoms with E-state index < -0.39 is 12.2 Å². The molecular weight excluding hydrogens is 286 g/mol.